The fourth-order valence-corrected chi connectivity index (χ4v) is 33.4. The second-order valence-electron chi connectivity index (χ2n) is 11.0. The molecule has 0 aliphatic heterocycles. The van der Waals surface area contributed by atoms with Crippen LogP contribution < -0.4 is 0 Å². The van der Waals surface area contributed by atoms with Crippen LogP contribution in [0.2, 0.25) is 9.36 Å². The zero-order chi connectivity index (χ0) is 23.4. The van der Waals surface area contributed by atoms with Gasteiger partial charge in [0.1, 0.15) is 0 Å². The average molecular weight is 694 g/mol. The fraction of sp³-hybridized carbons (Fsp3) is 0.125. The quantitative estimate of drug-likeness (QED) is 0.188. The summed E-state index contributed by atoms with van der Waals surface area (Å²) in [5.74, 6) is 0. The van der Waals surface area contributed by atoms with E-state index in [-0.39, 0.29) is 24.8 Å². The molecule has 4 aromatic carbocycles. The summed E-state index contributed by atoms with van der Waals surface area (Å²) < 4.78 is 6.42. The zero-order valence-corrected chi connectivity index (χ0v) is 27.4. The summed E-state index contributed by atoms with van der Waals surface area (Å²) >= 11 is -3.78. The van der Waals surface area contributed by atoms with E-state index in [2.05, 4.69) is 138 Å². The van der Waals surface area contributed by atoms with E-state index in [1.54, 1.807) is 0 Å². The van der Waals surface area contributed by atoms with E-state index in [1.165, 1.54) is 44.5 Å². The summed E-state index contributed by atoms with van der Waals surface area (Å²) in [6.07, 6.45) is 4.97. The van der Waals surface area contributed by atoms with Crippen LogP contribution in [0.3, 0.4) is 0 Å². The molecule has 2 aliphatic carbocycles. The van der Waals surface area contributed by atoms with Gasteiger partial charge in [0.2, 0.25) is 0 Å². The molecule has 0 heterocycles. The molecular formula is C32H32Cl2HfSi. The molecule has 0 aromatic heterocycles. The van der Waals surface area contributed by atoms with Gasteiger partial charge in [-0.15, -0.1) is 24.8 Å². The van der Waals surface area contributed by atoms with Crippen molar-refractivity contribution in [1.82, 2.24) is 0 Å². The molecule has 0 radical (unpaired) electrons. The number of allylic oxidation sites excluding steroid dienone is 2. The van der Waals surface area contributed by atoms with Crippen LogP contribution in [-0.2, 0) is 17.1 Å². The van der Waals surface area contributed by atoms with E-state index in [4.69, 9.17) is 0 Å². The number of hydrogen-bond donors (Lipinski definition) is 0. The van der Waals surface area contributed by atoms with Gasteiger partial charge in [0.15, 0.2) is 0 Å². The molecule has 0 spiro atoms. The monoisotopic (exact) mass is 694 g/mol. The van der Waals surface area contributed by atoms with Crippen LogP contribution in [0.5, 0.6) is 0 Å². The maximum absolute atomic E-state index is 3.78. The normalized spacial score (nSPS) is 18.2. The van der Waals surface area contributed by atoms with Crippen LogP contribution in [0.1, 0.15) is 40.7 Å². The van der Waals surface area contributed by atoms with Gasteiger partial charge in [-0.3, -0.25) is 0 Å². The molecule has 4 heteroatoms. The molecule has 2 atom stereocenters. The topological polar surface area (TPSA) is 0 Å². The Morgan fingerprint density at radius 3 is 1.22 bits per heavy atom. The van der Waals surface area contributed by atoms with E-state index in [1.807, 2.05) is 0 Å². The zero-order valence-electron chi connectivity index (χ0n) is 20.7. The number of fused-ring (bicyclic) bond motifs is 2. The molecule has 4 aromatic rings. The van der Waals surface area contributed by atoms with Gasteiger partial charge >= 0.3 is 207 Å². The first-order valence-electron chi connectivity index (χ1n) is 12.2. The third kappa shape index (κ3) is 4.37. The Labute approximate surface area is 229 Å². The number of hydrogen-bond acceptors (Lipinski definition) is 0. The molecule has 0 bridgehead atoms. The third-order valence-corrected chi connectivity index (χ3v) is 32.7. The Balaban J connectivity index is 0.00000152. The summed E-state index contributed by atoms with van der Waals surface area (Å²) in [7, 11) is 0. The minimum atomic E-state index is -3.78. The van der Waals surface area contributed by atoms with Crippen LogP contribution >= 0.6 is 24.8 Å². The molecule has 2 unspecified atom stereocenters. The second-order valence-corrected chi connectivity index (χ2v) is 54.5. The van der Waals surface area contributed by atoms with Crippen LogP contribution in [0.15, 0.2) is 109 Å². The van der Waals surface area contributed by atoms with Gasteiger partial charge in [-0.05, 0) is 0 Å². The van der Waals surface area contributed by atoms with Crippen molar-refractivity contribution in [3.05, 3.63) is 143 Å². The molecule has 0 N–H and O–H groups in total. The maximum atomic E-state index is 2.72. The predicted molar refractivity (Wildman–Crippen MR) is 162 cm³/mol. The minimum absolute atomic E-state index is 0. The molecule has 36 heavy (non-hydrogen) atoms. The van der Waals surface area contributed by atoms with Gasteiger partial charge in [0.25, 0.3) is 0 Å². The SMILES string of the molecule is Cl.Cl.[CH3][Hf]([CH3])(=[SiH2])([CH]1C(c2ccccc2)=Cc2ccccc21)[CH]1C(c2ccccc2)=Cc2ccccc21. The third-order valence-electron chi connectivity index (χ3n) is 7.97. The van der Waals surface area contributed by atoms with Crippen molar-refractivity contribution in [2.24, 2.45) is 0 Å². The van der Waals surface area contributed by atoms with Crippen molar-refractivity contribution in [1.29, 1.82) is 0 Å². The van der Waals surface area contributed by atoms with E-state index < -0.39 is 17.1 Å². The van der Waals surface area contributed by atoms with Crippen LogP contribution in [0, 0.1) is 0 Å². The van der Waals surface area contributed by atoms with E-state index >= 15 is 0 Å². The molecule has 2 aliphatic rings. The van der Waals surface area contributed by atoms with E-state index in [0.717, 1.165) is 0 Å². The number of rotatable bonds is 4. The van der Waals surface area contributed by atoms with Gasteiger partial charge in [-0.2, -0.15) is 0 Å². The Hall–Kier alpha value is -1.97. The van der Waals surface area contributed by atoms with Crippen molar-refractivity contribution in [3.8, 4) is 0 Å². The van der Waals surface area contributed by atoms with Gasteiger partial charge < -0.3 is 0 Å². The number of halogens is 2. The Morgan fingerprint density at radius 2 is 0.833 bits per heavy atom. The molecule has 6 rings (SSSR count). The van der Waals surface area contributed by atoms with Gasteiger partial charge in [-0.1, -0.05) is 0 Å². The summed E-state index contributed by atoms with van der Waals surface area (Å²) in [5.41, 5.74) is 11.7. The van der Waals surface area contributed by atoms with Crippen molar-refractivity contribution in [3.63, 3.8) is 0 Å². The Bertz CT molecular complexity index is 1420. The predicted octanol–water partition coefficient (Wildman–Crippen LogP) is 8.75. The van der Waals surface area contributed by atoms with Crippen LogP contribution in [-0.4, -0.2) is 6.94 Å². The standard InChI is InChI=1S/2C15H11.2CH3.2ClH.Hf.H2Si/c2*1-2-6-12(7-3-1)15-10-13-8-4-5-9-14(13)11-15;;;;;;/h2*1-11H;2*1H3;2*1H;;1H2. The van der Waals surface area contributed by atoms with Crippen molar-refractivity contribution in [2.75, 3.05) is 0 Å². The average Bonchev–Trinajstić information content (AvgIpc) is 3.46. The van der Waals surface area contributed by atoms with E-state index in [9.17, 15) is 0 Å². The first-order valence-corrected chi connectivity index (χ1v) is 31.9. The van der Waals surface area contributed by atoms with Gasteiger partial charge in [0, 0.05) is 0 Å². The molecule has 182 valence electrons. The second kappa shape index (κ2) is 10.1. The molecule has 0 amide bonds. The Morgan fingerprint density at radius 1 is 0.500 bits per heavy atom. The van der Waals surface area contributed by atoms with Gasteiger partial charge in [-0.25, -0.2) is 0 Å². The summed E-state index contributed by atoms with van der Waals surface area (Å²) in [4.78, 5) is 0. The molecular weight excluding hydrogens is 662 g/mol. The summed E-state index contributed by atoms with van der Waals surface area (Å²) in [6, 6.07) is 40.5. The van der Waals surface area contributed by atoms with Crippen molar-refractivity contribution in [2.45, 2.75) is 16.7 Å². The van der Waals surface area contributed by atoms with E-state index in [0.29, 0.717) is 7.35 Å². The number of benzene rings is 4. The van der Waals surface area contributed by atoms with Crippen molar-refractivity contribution >= 4 is 55.1 Å². The van der Waals surface area contributed by atoms with Gasteiger partial charge in [0.05, 0.1) is 0 Å². The van der Waals surface area contributed by atoms with Crippen molar-refractivity contribution < 1.29 is 17.1 Å². The first kappa shape index (κ1) is 27.1. The fourth-order valence-electron chi connectivity index (χ4n) is 6.62. The van der Waals surface area contributed by atoms with Crippen LogP contribution in [0.25, 0.3) is 23.3 Å². The van der Waals surface area contributed by atoms with Crippen LogP contribution in [0.4, 0.5) is 0 Å². The molecule has 0 nitrogen and oxygen atoms in total. The summed E-state index contributed by atoms with van der Waals surface area (Å²) in [6.45, 7) is 2.42. The summed E-state index contributed by atoms with van der Waals surface area (Å²) in [5, 5.41) is 0. The Kier molecular flexibility index (Phi) is 7.57. The molecule has 0 saturated heterocycles. The molecule has 0 saturated carbocycles. The molecule has 0 fully saturated rings. The first-order chi connectivity index (χ1) is 16.4.